The Kier molecular flexibility index (Phi) is 4.23. The summed E-state index contributed by atoms with van der Waals surface area (Å²) in [6.07, 6.45) is 0.611. The molecule has 0 saturated carbocycles. The van der Waals surface area contributed by atoms with Crippen LogP contribution in [0.3, 0.4) is 0 Å². The van der Waals surface area contributed by atoms with Gasteiger partial charge in [0.2, 0.25) is 0 Å². The molecule has 1 aromatic carbocycles. The van der Waals surface area contributed by atoms with Crippen molar-refractivity contribution in [1.82, 2.24) is 5.32 Å². The van der Waals surface area contributed by atoms with E-state index in [1.165, 1.54) is 18.2 Å². The minimum Gasteiger partial charge on any atom is -0.508 e. The summed E-state index contributed by atoms with van der Waals surface area (Å²) in [5.41, 5.74) is -0.413. The van der Waals surface area contributed by atoms with Crippen molar-refractivity contribution in [3.63, 3.8) is 0 Å². The molecule has 94 valence electrons. The van der Waals surface area contributed by atoms with Crippen LogP contribution in [0.1, 0.15) is 30.6 Å². The van der Waals surface area contributed by atoms with E-state index in [9.17, 15) is 15.0 Å². The molecule has 0 unspecified atom stereocenters. The number of carbonyl (C=O) groups is 1. The number of rotatable bonds is 4. The fraction of sp³-hybridized carbons (Fsp3) is 0.417. The van der Waals surface area contributed by atoms with E-state index in [0.717, 1.165) is 0 Å². The number of nitrogens with one attached hydrogen (secondary N) is 1. The molecule has 0 aromatic heterocycles. The maximum Gasteiger partial charge on any atom is 0.255 e. The van der Waals surface area contributed by atoms with Crippen LogP contribution < -0.4 is 5.32 Å². The second-order valence-corrected chi connectivity index (χ2v) is 4.86. The van der Waals surface area contributed by atoms with Gasteiger partial charge in [-0.05, 0) is 38.5 Å². The largest absolute Gasteiger partial charge is 0.508 e. The lowest BCUT2D eigenvalue weighted by molar-refractivity contribution is 0.0908. The van der Waals surface area contributed by atoms with Crippen molar-refractivity contribution in [2.24, 2.45) is 0 Å². The summed E-state index contributed by atoms with van der Waals surface area (Å²) in [5.74, 6) is -0.238. The minimum atomic E-state index is -0.462. The second-order valence-electron chi connectivity index (χ2n) is 4.48. The Balaban J connectivity index is 2.86. The van der Waals surface area contributed by atoms with Crippen LogP contribution in [0.2, 0.25) is 0 Å². The molecule has 0 radical (unpaired) electrons. The number of benzene rings is 1. The molecule has 4 nitrogen and oxygen atoms in total. The highest BCUT2D eigenvalue weighted by Gasteiger charge is 2.22. The first kappa shape index (κ1) is 13.6. The Labute approximate surface area is 105 Å². The van der Waals surface area contributed by atoms with Crippen molar-refractivity contribution in [3.05, 3.63) is 23.8 Å². The van der Waals surface area contributed by atoms with E-state index in [-0.39, 0.29) is 17.1 Å². The number of aromatic hydroxyl groups is 2. The predicted octanol–water partition coefficient (Wildman–Crippen LogP) is 2.24. The molecule has 0 aliphatic carbocycles. The zero-order chi connectivity index (χ0) is 13.1. The van der Waals surface area contributed by atoms with E-state index >= 15 is 0 Å². The molecule has 1 rings (SSSR count). The quantitative estimate of drug-likeness (QED) is 0.572. The van der Waals surface area contributed by atoms with Crippen molar-refractivity contribution in [1.29, 1.82) is 0 Å². The summed E-state index contributed by atoms with van der Waals surface area (Å²) in [6, 6.07) is 3.82. The molecule has 0 atom stereocenters. The van der Waals surface area contributed by atoms with Gasteiger partial charge >= 0.3 is 0 Å². The van der Waals surface area contributed by atoms with E-state index in [2.05, 4.69) is 5.32 Å². The SMILES string of the molecule is CC(C)(CCCl)NC(=O)c1cc(O)ccc1O. The minimum absolute atomic E-state index is 0.0487. The number of halogens is 1. The van der Waals surface area contributed by atoms with E-state index in [1.54, 1.807) is 0 Å². The normalized spacial score (nSPS) is 11.2. The summed E-state index contributed by atoms with van der Waals surface area (Å²) in [5, 5.41) is 21.6. The van der Waals surface area contributed by atoms with Crippen molar-refractivity contribution < 1.29 is 15.0 Å². The molecule has 3 N–H and O–H groups in total. The lowest BCUT2D eigenvalue weighted by Gasteiger charge is -2.25. The zero-order valence-electron chi connectivity index (χ0n) is 9.83. The molecule has 0 saturated heterocycles. The van der Waals surface area contributed by atoms with Gasteiger partial charge in [0, 0.05) is 11.4 Å². The van der Waals surface area contributed by atoms with Gasteiger partial charge in [-0.3, -0.25) is 4.79 Å². The molecule has 0 fully saturated rings. The molecule has 5 heteroatoms. The third-order valence-electron chi connectivity index (χ3n) is 2.40. The van der Waals surface area contributed by atoms with Crippen LogP contribution in [-0.2, 0) is 0 Å². The third-order valence-corrected chi connectivity index (χ3v) is 2.59. The van der Waals surface area contributed by atoms with Gasteiger partial charge in [0.1, 0.15) is 11.5 Å². The zero-order valence-corrected chi connectivity index (χ0v) is 10.6. The van der Waals surface area contributed by atoms with Crippen molar-refractivity contribution >= 4 is 17.5 Å². The summed E-state index contributed by atoms with van der Waals surface area (Å²) >= 11 is 5.63. The number of amides is 1. The number of hydrogen-bond acceptors (Lipinski definition) is 3. The van der Waals surface area contributed by atoms with Crippen molar-refractivity contribution in [3.8, 4) is 11.5 Å². The number of alkyl halides is 1. The smallest absolute Gasteiger partial charge is 0.255 e. The topological polar surface area (TPSA) is 69.6 Å². The number of carbonyl (C=O) groups excluding carboxylic acids is 1. The molecule has 0 spiro atoms. The third kappa shape index (κ3) is 3.82. The fourth-order valence-corrected chi connectivity index (χ4v) is 1.85. The highest BCUT2D eigenvalue weighted by atomic mass is 35.5. The van der Waals surface area contributed by atoms with Gasteiger partial charge in [-0.25, -0.2) is 0 Å². The predicted molar refractivity (Wildman–Crippen MR) is 66.7 cm³/mol. The first-order valence-electron chi connectivity index (χ1n) is 5.26. The summed E-state index contributed by atoms with van der Waals surface area (Å²) in [6.45, 7) is 3.68. The number of phenols is 2. The standard InChI is InChI=1S/C12H16ClNO3/c1-12(2,5-6-13)14-11(17)9-7-8(15)3-4-10(9)16/h3-4,7,15-16H,5-6H2,1-2H3,(H,14,17). The highest BCUT2D eigenvalue weighted by Crippen LogP contribution is 2.23. The van der Waals surface area contributed by atoms with Crippen LogP contribution in [0.4, 0.5) is 0 Å². The lowest BCUT2D eigenvalue weighted by Crippen LogP contribution is -2.43. The summed E-state index contributed by atoms with van der Waals surface area (Å²) in [4.78, 5) is 11.9. The van der Waals surface area contributed by atoms with Crippen LogP contribution in [0.25, 0.3) is 0 Å². The van der Waals surface area contributed by atoms with Gasteiger partial charge in [0.05, 0.1) is 5.56 Å². The number of hydrogen-bond donors (Lipinski definition) is 3. The maximum atomic E-state index is 11.9. The van der Waals surface area contributed by atoms with Gasteiger partial charge in [0.15, 0.2) is 0 Å². The Hall–Kier alpha value is -1.42. The molecule has 0 heterocycles. The lowest BCUT2D eigenvalue weighted by atomic mass is 10.0. The Morgan fingerprint density at radius 2 is 2.06 bits per heavy atom. The van der Waals surface area contributed by atoms with E-state index in [0.29, 0.717) is 12.3 Å². The monoisotopic (exact) mass is 257 g/mol. The number of phenolic OH excluding ortho intramolecular Hbond substituents is 2. The van der Waals surface area contributed by atoms with Crippen molar-refractivity contribution in [2.75, 3.05) is 5.88 Å². The summed E-state index contributed by atoms with van der Waals surface area (Å²) in [7, 11) is 0. The van der Waals surface area contributed by atoms with Gasteiger partial charge < -0.3 is 15.5 Å². The molecular formula is C12H16ClNO3. The van der Waals surface area contributed by atoms with Crippen LogP contribution in [0.15, 0.2) is 18.2 Å². The van der Waals surface area contributed by atoms with Gasteiger partial charge in [-0.2, -0.15) is 0 Å². The Bertz CT molecular complexity index is 418. The first-order valence-corrected chi connectivity index (χ1v) is 5.79. The van der Waals surface area contributed by atoms with Crippen LogP contribution in [0.5, 0.6) is 11.5 Å². The van der Waals surface area contributed by atoms with Crippen molar-refractivity contribution in [2.45, 2.75) is 25.8 Å². The van der Waals surface area contributed by atoms with E-state index in [1.807, 2.05) is 13.8 Å². The van der Waals surface area contributed by atoms with Crippen LogP contribution in [-0.4, -0.2) is 27.5 Å². The summed E-state index contributed by atoms with van der Waals surface area (Å²) < 4.78 is 0. The Morgan fingerprint density at radius 3 is 2.65 bits per heavy atom. The molecule has 0 aliphatic heterocycles. The molecule has 1 amide bonds. The Morgan fingerprint density at radius 1 is 1.41 bits per heavy atom. The molecular weight excluding hydrogens is 242 g/mol. The maximum absolute atomic E-state index is 11.9. The molecule has 0 bridgehead atoms. The van der Waals surface area contributed by atoms with Gasteiger partial charge in [0.25, 0.3) is 5.91 Å². The average molecular weight is 258 g/mol. The van der Waals surface area contributed by atoms with Gasteiger partial charge in [-0.1, -0.05) is 0 Å². The van der Waals surface area contributed by atoms with Crippen LogP contribution >= 0.6 is 11.6 Å². The van der Waals surface area contributed by atoms with E-state index < -0.39 is 11.4 Å². The molecule has 0 aliphatic rings. The molecule has 1 aromatic rings. The highest BCUT2D eigenvalue weighted by molar-refractivity contribution is 6.17. The second kappa shape index (κ2) is 5.27. The first-order chi connectivity index (χ1) is 7.85. The van der Waals surface area contributed by atoms with E-state index in [4.69, 9.17) is 11.6 Å². The molecule has 17 heavy (non-hydrogen) atoms. The van der Waals surface area contributed by atoms with Crippen LogP contribution in [0, 0.1) is 0 Å². The average Bonchev–Trinajstić information content (AvgIpc) is 2.20. The fourth-order valence-electron chi connectivity index (χ4n) is 1.38. The van der Waals surface area contributed by atoms with Gasteiger partial charge in [-0.15, -0.1) is 11.6 Å².